The average molecular weight is 185 g/mol. The van der Waals surface area contributed by atoms with E-state index in [1.165, 1.54) is 6.92 Å². The van der Waals surface area contributed by atoms with Crippen LogP contribution in [0.3, 0.4) is 0 Å². The summed E-state index contributed by atoms with van der Waals surface area (Å²) in [5.74, 6) is 0.603. The quantitative estimate of drug-likeness (QED) is 0.476. The van der Waals surface area contributed by atoms with Crippen LogP contribution in [0, 0.1) is 0 Å². The third-order valence-electron chi connectivity index (χ3n) is 1.29. The van der Waals surface area contributed by atoms with Gasteiger partial charge in [-0.05, 0) is 26.8 Å². The fraction of sp³-hybridized carbons (Fsp3) is 0.500. The molecule has 0 saturated carbocycles. The van der Waals surface area contributed by atoms with Crippen LogP contribution in [0.2, 0.25) is 0 Å². The van der Waals surface area contributed by atoms with Gasteiger partial charge in [0.1, 0.15) is 18.5 Å². The average Bonchev–Trinajstić information content (AvgIpc) is 2.10. The van der Waals surface area contributed by atoms with Gasteiger partial charge in [-0.2, -0.15) is 0 Å². The number of hydrogen-bond donors (Lipinski definition) is 0. The summed E-state index contributed by atoms with van der Waals surface area (Å²) in [6, 6.07) is 0. The zero-order valence-corrected chi connectivity index (χ0v) is 8.38. The second-order valence-electron chi connectivity index (χ2n) is 2.81. The normalized spacial score (nSPS) is 15.4. The van der Waals surface area contributed by atoms with Gasteiger partial charge >= 0.3 is 0 Å². The van der Waals surface area contributed by atoms with Crippen molar-refractivity contribution in [3.05, 3.63) is 24.6 Å². The van der Waals surface area contributed by atoms with E-state index in [2.05, 4.69) is 11.6 Å². The van der Waals surface area contributed by atoms with Crippen molar-refractivity contribution in [3.63, 3.8) is 0 Å². The van der Waals surface area contributed by atoms with Crippen LogP contribution < -0.4 is 0 Å². The van der Waals surface area contributed by atoms with Crippen LogP contribution in [0.15, 0.2) is 29.6 Å². The van der Waals surface area contributed by atoms with Crippen molar-refractivity contribution in [1.82, 2.24) is 0 Å². The number of halogens is 1. The largest absolute Gasteiger partial charge is 0.494 e. The number of aliphatic imine (C=N–C) groups is 1. The summed E-state index contributed by atoms with van der Waals surface area (Å²) in [5, 5.41) is 0. The Morgan fingerprint density at radius 3 is 2.69 bits per heavy atom. The maximum atomic E-state index is 12.3. The maximum Gasteiger partial charge on any atom is 0.131 e. The topological polar surface area (TPSA) is 21.6 Å². The molecule has 0 aromatic carbocycles. The third-order valence-corrected chi connectivity index (χ3v) is 1.29. The summed E-state index contributed by atoms with van der Waals surface area (Å²) >= 11 is 0. The van der Waals surface area contributed by atoms with Crippen LogP contribution in [-0.4, -0.2) is 18.5 Å². The van der Waals surface area contributed by atoms with Gasteiger partial charge in [0.25, 0.3) is 0 Å². The first-order valence-electron chi connectivity index (χ1n) is 4.16. The van der Waals surface area contributed by atoms with Crippen molar-refractivity contribution >= 4 is 5.71 Å². The lowest BCUT2D eigenvalue weighted by atomic mass is 10.4. The molecule has 0 fully saturated rings. The van der Waals surface area contributed by atoms with Crippen LogP contribution in [0.4, 0.5) is 4.39 Å². The molecule has 0 aliphatic heterocycles. The summed E-state index contributed by atoms with van der Waals surface area (Å²) in [6.45, 7) is 8.64. The van der Waals surface area contributed by atoms with Gasteiger partial charge in [-0.25, -0.2) is 4.39 Å². The molecular weight excluding hydrogens is 169 g/mol. The highest BCUT2D eigenvalue weighted by atomic mass is 19.1. The zero-order valence-electron chi connectivity index (χ0n) is 8.38. The van der Waals surface area contributed by atoms with Crippen molar-refractivity contribution < 1.29 is 9.13 Å². The zero-order chi connectivity index (χ0) is 10.3. The predicted molar refractivity (Wildman–Crippen MR) is 53.6 cm³/mol. The number of ether oxygens (including phenoxy) is 1. The van der Waals surface area contributed by atoms with Gasteiger partial charge in [-0.1, -0.05) is 6.58 Å². The lowest BCUT2D eigenvalue weighted by Crippen LogP contribution is -2.03. The molecule has 0 aliphatic carbocycles. The number of allylic oxidation sites excluding steroid dienone is 2. The molecule has 0 N–H and O–H groups in total. The van der Waals surface area contributed by atoms with Crippen molar-refractivity contribution in [2.45, 2.75) is 26.9 Å². The van der Waals surface area contributed by atoms with E-state index < -0.39 is 6.17 Å². The van der Waals surface area contributed by atoms with Crippen LogP contribution in [0.1, 0.15) is 20.8 Å². The van der Waals surface area contributed by atoms with Gasteiger partial charge in [0.05, 0.1) is 6.20 Å². The number of nitrogens with zero attached hydrogens (tertiary/aromatic N) is 1. The summed E-state index contributed by atoms with van der Waals surface area (Å²) in [6.07, 6.45) is 2.24. The molecule has 0 aromatic heterocycles. The van der Waals surface area contributed by atoms with E-state index in [-0.39, 0.29) is 6.61 Å². The standard InChI is InChI=1S/C10H16FNO/c1-5-9(3)12-6-10(4)13-7-8(2)11/h5-6,8H,1,7H2,2-4H3/b10-6+,12-9?. The number of hydrogen-bond acceptors (Lipinski definition) is 2. The first kappa shape index (κ1) is 11.9. The summed E-state index contributed by atoms with van der Waals surface area (Å²) in [7, 11) is 0. The molecule has 3 heteroatoms. The third kappa shape index (κ3) is 7.25. The minimum atomic E-state index is -0.951. The molecular formula is C10H16FNO. The summed E-state index contributed by atoms with van der Waals surface area (Å²) < 4.78 is 17.4. The Labute approximate surface area is 78.8 Å². The van der Waals surface area contributed by atoms with E-state index >= 15 is 0 Å². The second kappa shape index (κ2) is 6.40. The fourth-order valence-corrected chi connectivity index (χ4v) is 0.529. The summed E-state index contributed by atoms with van der Waals surface area (Å²) in [4.78, 5) is 4.01. The Hall–Kier alpha value is -1.12. The smallest absolute Gasteiger partial charge is 0.131 e. The van der Waals surface area contributed by atoms with E-state index in [9.17, 15) is 4.39 Å². The Bertz CT molecular complexity index is 219. The highest BCUT2D eigenvalue weighted by Crippen LogP contribution is 1.99. The Kier molecular flexibility index (Phi) is 5.85. The molecule has 0 aliphatic rings. The molecule has 0 saturated heterocycles. The predicted octanol–water partition coefficient (Wildman–Crippen LogP) is 2.87. The first-order chi connectivity index (χ1) is 6.06. The molecule has 0 radical (unpaired) electrons. The van der Waals surface area contributed by atoms with Crippen molar-refractivity contribution in [1.29, 1.82) is 0 Å². The van der Waals surface area contributed by atoms with Gasteiger partial charge in [-0.15, -0.1) is 0 Å². The molecule has 2 nitrogen and oxygen atoms in total. The highest BCUT2D eigenvalue weighted by Gasteiger charge is 1.97. The van der Waals surface area contributed by atoms with Gasteiger partial charge in [0, 0.05) is 5.71 Å². The Morgan fingerprint density at radius 1 is 1.62 bits per heavy atom. The van der Waals surface area contributed by atoms with E-state index in [0.29, 0.717) is 5.76 Å². The van der Waals surface area contributed by atoms with E-state index in [4.69, 9.17) is 4.74 Å². The molecule has 1 atom stereocenters. The van der Waals surface area contributed by atoms with Crippen LogP contribution in [-0.2, 0) is 4.74 Å². The van der Waals surface area contributed by atoms with Gasteiger partial charge in [0.15, 0.2) is 0 Å². The molecule has 74 valence electrons. The molecule has 13 heavy (non-hydrogen) atoms. The maximum absolute atomic E-state index is 12.3. The van der Waals surface area contributed by atoms with Crippen molar-refractivity contribution in [2.24, 2.45) is 4.99 Å². The minimum absolute atomic E-state index is 0.0744. The van der Waals surface area contributed by atoms with Crippen molar-refractivity contribution in [3.8, 4) is 0 Å². The Morgan fingerprint density at radius 2 is 2.23 bits per heavy atom. The molecule has 0 rings (SSSR count). The molecule has 0 heterocycles. The molecule has 0 aromatic rings. The van der Waals surface area contributed by atoms with Gasteiger partial charge in [-0.3, -0.25) is 4.99 Å². The van der Waals surface area contributed by atoms with E-state index in [0.717, 1.165) is 5.71 Å². The summed E-state index contributed by atoms with van der Waals surface area (Å²) in [5.41, 5.74) is 0.802. The lowest BCUT2D eigenvalue weighted by Gasteiger charge is -2.05. The van der Waals surface area contributed by atoms with Crippen molar-refractivity contribution in [2.75, 3.05) is 6.61 Å². The molecule has 0 amide bonds. The second-order valence-corrected chi connectivity index (χ2v) is 2.81. The highest BCUT2D eigenvalue weighted by molar-refractivity contribution is 5.92. The minimum Gasteiger partial charge on any atom is -0.494 e. The lowest BCUT2D eigenvalue weighted by molar-refractivity contribution is 0.144. The van der Waals surface area contributed by atoms with E-state index in [1.807, 2.05) is 6.92 Å². The molecule has 0 spiro atoms. The SMILES string of the molecule is C=CC(C)=N/C=C(\C)OCC(C)F. The number of rotatable bonds is 5. The van der Waals surface area contributed by atoms with Crippen LogP contribution >= 0.6 is 0 Å². The molecule has 1 unspecified atom stereocenters. The number of alkyl halides is 1. The van der Waals surface area contributed by atoms with Gasteiger partial charge < -0.3 is 4.74 Å². The first-order valence-corrected chi connectivity index (χ1v) is 4.16. The van der Waals surface area contributed by atoms with Crippen LogP contribution in [0.5, 0.6) is 0 Å². The fourth-order valence-electron chi connectivity index (χ4n) is 0.529. The molecule has 0 bridgehead atoms. The monoisotopic (exact) mass is 185 g/mol. The Balaban J connectivity index is 3.95. The van der Waals surface area contributed by atoms with Gasteiger partial charge in [0.2, 0.25) is 0 Å². The van der Waals surface area contributed by atoms with Crippen LogP contribution in [0.25, 0.3) is 0 Å². The van der Waals surface area contributed by atoms with E-state index in [1.54, 1.807) is 19.2 Å².